The van der Waals surface area contributed by atoms with Gasteiger partial charge in [0.05, 0.1) is 6.61 Å². The highest BCUT2D eigenvalue weighted by atomic mass is 16.5. The number of carbonyl (C=O) groups is 2. The van der Waals surface area contributed by atoms with Gasteiger partial charge in [0.1, 0.15) is 6.61 Å². The summed E-state index contributed by atoms with van der Waals surface area (Å²) in [7, 11) is 0. The number of carboxylic acid groups (broad SMARTS) is 1. The maximum Gasteiger partial charge on any atom is 0.329 e. The predicted molar refractivity (Wildman–Crippen MR) is 70.1 cm³/mol. The van der Waals surface area contributed by atoms with Gasteiger partial charge in [0.2, 0.25) is 0 Å². The predicted octanol–water partition coefficient (Wildman–Crippen LogP) is 0.450. The maximum absolute atomic E-state index is 11.2. The average molecular weight is 276 g/mol. The quantitative estimate of drug-likeness (QED) is 0.476. The molecule has 0 aliphatic carbocycles. The zero-order valence-electron chi connectivity index (χ0n) is 11.6. The van der Waals surface area contributed by atoms with Crippen molar-refractivity contribution < 1.29 is 24.2 Å². The molecule has 0 aliphatic rings. The van der Waals surface area contributed by atoms with Crippen LogP contribution in [0.1, 0.15) is 20.3 Å². The van der Waals surface area contributed by atoms with Crippen LogP contribution in [-0.4, -0.2) is 56.6 Å². The molecule has 0 heterocycles. The zero-order valence-corrected chi connectivity index (χ0v) is 11.6. The number of rotatable bonds is 11. The Morgan fingerprint density at radius 3 is 2.42 bits per heavy atom. The number of aliphatic carboxylic acids is 1. The van der Waals surface area contributed by atoms with Crippen LogP contribution in [-0.2, 0) is 14.3 Å². The molecule has 112 valence electrons. The van der Waals surface area contributed by atoms with E-state index in [1.165, 1.54) is 0 Å². The van der Waals surface area contributed by atoms with E-state index >= 15 is 0 Å². The zero-order chi connectivity index (χ0) is 14.5. The summed E-state index contributed by atoms with van der Waals surface area (Å²) in [4.78, 5) is 21.4. The number of hydrogen-bond acceptors (Lipinski definition) is 4. The first-order valence-corrected chi connectivity index (χ1v) is 6.41. The number of hydrogen-bond donors (Lipinski definition) is 3. The van der Waals surface area contributed by atoms with Crippen LogP contribution in [0, 0.1) is 5.92 Å². The number of ether oxygens (including phenoxy) is 2. The normalized spacial score (nSPS) is 10.5. The molecule has 7 heteroatoms. The summed E-state index contributed by atoms with van der Waals surface area (Å²) in [6.45, 7) is 6.17. The van der Waals surface area contributed by atoms with E-state index < -0.39 is 5.97 Å². The van der Waals surface area contributed by atoms with Crippen molar-refractivity contribution in [1.29, 1.82) is 0 Å². The second-order valence-electron chi connectivity index (χ2n) is 4.45. The van der Waals surface area contributed by atoms with Crippen molar-refractivity contribution in [3.63, 3.8) is 0 Å². The molecule has 3 N–H and O–H groups in total. The summed E-state index contributed by atoms with van der Waals surface area (Å²) in [6, 6.07) is -0.289. The molecule has 0 bridgehead atoms. The van der Waals surface area contributed by atoms with Gasteiger partial charge in [-0.1, -0.05) is 13.8 Å². The number of nitrogens with one attached hydrogen (secondary N) is 2. The smallest absolute Gasteiger partial charge is 0.329 e. The van der Waals surface area contributed by atoms with Gasteiger partial charge < -0.3 is 25.2 Å². The van der Waals surface area contributed by atoms with Crippen molar-refractivity contribution in [2.45, 2.75) is 20.3 Å². The lowest BCUT2D eigenvalue weighted by Crippen LogP contribution is -2.38. The van der Waals surface area contributed by atoms with E-state index in [0.29, 0.717) is 19.1 Å². The van der Waals surface area contributed by atoms with Gasteiger partial charge in [-0.05, 0) is 12.3 Å². The van der Waals surface area contributed by atoms with Gasteiger partial charge in [-0.2, -0.15) is 0 Å². The van der Waals surface area contributed by atoms with Crippen LogP contribution < -0.4 is 10.6 Å². The lowest BCUT2D eigenvalue weighted by atomic mass is 10.2. The van der Waals surface area contributed by atoms with E-state index in [9.17, 15) is 9.59 Å². The van der Waals surface area contributed by atoms with Crippen molar-refractivity contribution >= 4 is 12.0 Å². The van der Waals surface area contributed by atoms with Gasteiger partial charge in [0.25, 0.3) is 0 Å². The van der Waals surface area contributed by atoms with Crippen LogP contribution in [0.3, 0.4) is 0 Å². The molecular formula is C12H24N2O5. The Bertz CT molecular complexity index is 259. The summed E-state index contributed by atoms with van der Waals surface area (Å²) < 4.78 is 10.1. The standard InChI is InChI=1S/C12H24N2O5/c1-10(2)8-18-6-3-4-13-12(17)14-5-7-19-9-11(15)16/h10H,3-9H2,1-2H3,(H,15,16)(H2,13,14,17). The average Bonchev–Trinajstić information content (AvgIpc) is 2.32. The second-order valence-corrected chi connectivity index (χ2v) is 4.45. The number of amides is 2. The second kappa shape index (κ2) is 11.7. The molecule has 0 saturated heterocycles. The third-order valence-electron chi connectivity index (χ3n) is 1.96. The van der Waals surface area contributed by atoms with E-state index in [1.807, 2.05) is 0 Å². The summed E-state index contributed by atoms with van der Waals surface area (Å²) in [5.41, 5.74) is 0. The summed E-state index contributed by atoms with van der Waals surface area (Å²) in [6.07, 6.45) is 0.760. The van der Waals surface area contributed by atoms with Gasteiger partial charge >= 0.3 is 12.0 Å². The first-order chi connectivity index (χ1) is 9.02. The Morgan fingerprint density at radius 2 is 1.79 bits per heavy atom. The molecule has 0 aromatic carbocycles. The largest absolute Gasteiger partial charge is 0.480 e. The fourth-order valence-electron chi connectivity index (χ4n) is 1.15. The molecule has 19 heavy (non-hydrogen) atoms. The van der Waals surface area contributed by atoms with Gasteiger partial charge in [-0.15, -0.1) is 0 Å². The fraction of sp³-hybridized carbons (Fsp3) is 0.833. The molecule has 0 radical (unpaired) electrons. The lowest BCUT2D eigenvalue weighted by molar-refractivity contribution is -0.142. The minimum Gasteiger partial charge on any atom is -0.480 e. The molecule has 0 atom stereocenters. The van der Waals surface area contributed by atoms with Crippen LogP contribution in [0.2, 0.25) is 0 Å². The third-order valence-corrected chi connectivity index (χ3v) is 1.96. The van der Waals surface area contributed by atoms with Crippen molar-refractivity contribution in [3.8, 4) is 0 Å². The number of urea groups is 1. The number of carbonyl (C=O) groups excluding carboxylic acids is 1. The molecule has 0 rings (SSSR count). The minimum absolute atomic E-state index is 0.178. The SMILES string of the molecule is CC(C)COCCCNC(=O)NCCOCC(=O)O. The van der Waals surface area contributed by atoms with Gasteiger partial charge in [-0.25, -0.2) is 9.59 Å². The first kappa shape index (κ1) is 17.7. The topological polar surface area (TPSA) is 96.9 Å². The van der Waals surface area contributed by atoms with Gasteiger partial charge in [-0.3, -0.25) is 0 Å². The van der Waals surface area contributed by atoms with Crippen LogP contribution in [0.15, 0.2) is 0 Å². The molecule has 0 saturated carbocycles. The van der Waals surface area contributed by atoms with Crippen LogP contribution in [0.4, 0.5) is 4.79 Å². The number of carboxylic acids is 1. The molecule has 0 spiro atoms. The molecule has 0 aliphatic heterocycles. The summed E-state index contributed by atoms with van der Waals surface area (Å²) >= 11 is 0. The highest BCUT2D eigenvalue weighted by Gasteiger charge is 2.00. The van der Waals surface area contributed by atoms with E-state index in [-0.39, 0.29) is 25.8 Å². The molecule has 0 fully saturated rings. The first-order valence-electron chi connectivity index (χ1n) is 6.41. The summed E-state index contributed by atoms with van der Waals surface area (Å²) in [5, 5.41) is 13.5. The van der Waals surface area contributed by atoms with Crippen LogP contribution >= 0.6 is 0 Å². The molecule has 0 aromatic rings. The van der Waals surface area contributed by atoms with Crippen molar-refractivity contribution in [2.75, 3.05) is 39.5 Å². The Kier molecular flexibility index (Phi) is 10.9. The maximum atomic E-state index is 11.2. The monoisotopic (exact) mass is 276 g/mol. The van der Waals surface area contributed by atoms with E-state index in [4.69, 9.17) is 14.6 Å². The van der Waals surface area contributed by atoms with E-state index in [0.717, 1.165) is 13.0 Å². The Balaban J connectivity index is 3.23. The summed E-state index contributed by atoms with van der Waals surface area (Å²) in [5.74, 6) is -0.507. The molecule has 0 aromatic heterocycles. The molecule has 0 unspecified atom stereocenters. The van der Waals surface area contributed by atoms with Crippen molar-refractivity contribution in [1.82, 2.24) is 10.6 Å². The van der Waals surface area contributed by atoms with Crippen molar-refractivity contribution in [3.05, 3.63) is 0 Å². The minimum atomic E-state index is -1.02. The van der Waals surface area contributed by atoms with E-state index in [2.05, 4.69) is 24.5 Å². The Morgan fingerprint density at radius 1 is 1.11 bits per heavy atom. The Labute approximate surface area is 113 Å². The molecular weight excluding hydrogens is 252 g/mol. The van der Waals surface area contributed by atoms with Gasteiger partial charge in [0, 0.05) is 26.3 Å². The third kappa shape index (κ3) is 14.6. The Hall–Kier alpha value is -1.34. The highest BCUT2D eigenvalue weighted by Crippen LogP contribution is 1.92. The van der Waals surface area contributed by atoms with E-state index in [1.54, 1.807) is 0 Å². The highest BCUT2D eigenvalue weighted by molar-refractivity contribution is 5.73. The molecule has 2 amide bonds. The van der Waals surface area contributed by atoms with Crippen LogP contribution in [0.25, 0.3) is 0 Å². The van der Waals surface area contributed by atoms with Crippen molar-refractivity contribution in [2.24, 2.45) is 5.92 Å². The van der Waals surface area contributed by atoms with Crippen LogP contribution in [0.5, 0.6) is 0 Å². The molecule has 7 nitrogen and oxygen atoms in total. The lowest BCUT2D eigenvalue weighted by Gasteiger charge is -2.09. The fourth-order valence-corrected chi connectivity index (χ4v) is 1.15. The van der Waals surface area contributed by atoms with Gasteiger partial charge in [0.15, 0.2) is 0 Å².